The predicted octanol–water partition coefficient (Wildman–Crippen LogP) is 2.81. The van der Waals surface area contributed by atoms with Crippen molar-refractivity contribution in [2.24, 2.45) is 11.7 Å². The van der Waals surface area contributed by atoms with E-state index in [1.807, 2.05) is 36.1 Å². The number of benzene rings is 1. The average Bonchev–Trinajstić information content (AvgIpc) is 2.54. The summed E-state index contributed by atoms with van der Waals surface area (Å²) in [4.78, 5) is 14.2. The number of rotatable bonds is 9. The minimum atomic E-state index is 0.0382. The van der Waals surface area contributed by atoms with Crippen molar-refractivity contribution < 1.29 is 9.53 Å². The zero-order chi connectivity index (χ0) is 15.7. The van der Waals surface area contributed by atoms with Crippen LogP contribution >= 0.6 is 0 Å². The first-order valence-corrected chi connectivity index (χ1v) is 7.84. The van der Waals surface area contributed by atoms with Crippen molar-refractivity contribution in [2.45, 2.75) is 40.2 Å². The Morgan fingerprint density at radius 1 is 1.24 bits per heavy atom. The first kappa shape index (κ1) is 17.5. The first-order valence-electron chi connectivity index (χ1n) is 7.84. The van der Waals surface area contributed by atoms with Crippen LogP contribution in [-0.2, 0) is 11.3 Å². The van der Waals surface area contributed by atoms with Gasteiger partial charge in [-0.25, -0.2) is 0 Å². The third-order valence-electron chi connectivity index (χ3n) is 3.91. The second kappa shape index (κ2) is 9.40. The maximum atomic E-state index is 12.3. The van der Waals surface area contributed by atoms with E-state index in [-0.39, 0.29) is 12.5 Å². The van der Waals surface area contributed by atoms with Crippen molar-refractivity contribution in [3.63, 3.8) is 0 Å². The monoisotopic (exact) mass is 292 g/mol. The Balaban J connectivity index is 2.58. The highest BCUT2D eigenvalue weighted by Gasteiger charge is 2.16. The summed E-state index contributed by atoms with van der Waals surface area (Å²) in [5.41, 5.74) is 6.59. The molecular formula is C17H28N2O2. The number of carbonyl (C=O) groups excluding carboxylic acids is 1. The Hall–Kier alpha value is -1.55. The van der Waals surface area contributed by atoms with Gasteiger partial charge in [-0.05, 0) is 18.9 Å². The molecule has 0 spiro atoms. The maximum Gasteiger partial charge on any atom is 0.260 e. The lowest BCUT2D eigenvalue weighted by Gasteiger charge is -2.25. The number of hydrogen-bond donors (Lipinski definition) is 1. The number of nitrogens with zero attached hydrogens (tertiary/aromatic N) is 1. The van der Waals surface area contributed by atoms with Gasteiger partial charge in [-0.2, -0.15) is 0 Å². The molecule has 1 aromatic rings. The summed E-state index contributed by atoms with van der Waals surface area (Å²) in [5.74, 6) is 1.30. The summed E-state index contributed by atoms with van der Waals surface area (Å²) >= 11 is 0. The van der Waals surface area contributed by atoms with Gasteiger partial charge in [0.15, 0.2) is 6.61 Å². The second-order valence-electron chi connectivity index (χ2n) is 5.22. The molecule has 21 heavy (non-hydrogen) atoms. The highest BCUT2D eigenvalue weighted by molar-refractivity contribution is 5.77. The molecule has 0 saturated heterocycles. The summed E-state index contributed by atoms with van der Waals surface area (Å²) in [5, 5.41) is 0. The number of hydrogen-bond acceptors (Lipinski definition) is 3. The molecule has 0 saturated carbocycles. The Morgan fingerprint density at radius 2 is 1.90 bits per heavy atom. The van der Waals surface area contributed by atoms with E-state index in [2.05, 4.69) is 13.8 Å². The fourth-order valence-electron chi connectivity index (χ4n) is 2.31. The molecule has 0 aliphatic carbocycles. The normalized spacial score (nSPS) is 10.7. The second-order valence-corrected chi connectivity index (χ2v) is 5.22. The van der Waals surface area contributed by atoms with E-state index in [9.17, 15) is 4.79 Å². The smallest absolute Gasteiger partial charge is 0.260 e. The molecule has 0 atom stereocenters. The topological polar surface area (TPSA) is 55.6 Å². The average molecular weight is 292 g/mol. The summed E-state index contributed by atoms with van der Waals surface area (Å²) in [6.07, 6.45) is 2.19. The minimum absolute atomic E-state index is 0.0382. The molecule has 0 radical (unpaired) electrons. The van der Waals surface area contributed by atoms with E-state index < -0.39 is 0 Å². The van der Waals surface area contributed by atoms with Crippen molar-refractivity contribution >= 4 is 5.91 Å². The molecule has 0 unspecified atom stereocenters. The van der Waals surface area contributed by atoms with Crippen LogP contribution < -0.4 is 10.5 Å². The van der Waals surface area contributed by atoms with Crippen molar-refractivity contribution in [2.75, 3.05) is 19.7 Å². The molecule has 4 heteroatoms. The van der Waals surface area contributed by atoms with Gasteiger partial charge < -0.3 is 15.4 Å². The van der Waals surface area contributed by atoms with E-state index in [1.54, 1.807) is 0 Å². The first-order chi connectivity index (χ1) is 10.2. The SMILES string of the molecule is CCC(CC)CN(CC)C(=O)COc1ccccc1CN. The molecule has 1 rings (SSSR count). The summed E-state index contributed by atoms with van der Waals surface area (Å²) < 4.78 is 5.65. The highest BCUT2D eigenvalue weighted by Crippen LogP contribution is 2.17. The zero-order valence-electron chi connectivity index (χ0n) is 13.5. The molecule has 0 fully saturated rings. The van der Waals surface area contributed by atoms with Gasteiger partial charge in [-0.3, -0.25) is 4.79 Å². The van der Waals surface area contributed by atoms with Gasteiger partial charge in [-0.15, -0.1) is 0 Å². The number of ether oxygens (including phenoxy) is 1. The van der Waals surface area contributed by atoms with Crippen LogP contribution in [0.2, 0.25) is 0 Å². The van der Waals surface area contributed by atoms with Crippen molar-refractivity contribution in [3.8, 4) is 5.75 Å². The predicted molar refractivity (Wildman–Crippen MR) is 86.2 cm³/mol. The van der Waals surface area contributed by atoms with Gasteiger partial charge in [0, 0.05) is 25.2 Å². The molecule has 4 nitrogen and oxygen atoms in total. The van der Waals surface area contributed by atoms with Crippen molar-refractivity contribution in [3.05, 3.63) is 29.8 Å². The van der Waals surface area contributed by atoms with Gasteiger partial charge >= 0.3 is 0 Å². The molecule has 0 aliphatic heterocycles. The maximum absolute atomic E-state index is 12.3. The van der Waals surface area contributed by atoms with Gasteiger partial charge in [0.2, 0.25) is 0 Å². The Bertz CT molecular complexity index is 431. The summed E-state index contributed by atoms with van der Waals surface area (Å²) in [7, 11) is 0. The fraction of sp³-hybridized carbons (Fsp3) is 0.588. The molecule has 0 aliphatic rings. The molecule has 2 N–H and O–H groups in total. The van der Waals surface area contributed by atoms with Crippen LogP contribution in [0.15, 0.2) is 24.3 Å². The van der Waals surface area contributed by atoms with Crippen LogP contribution in [0.25, 0.3) is 0 Å². The van der Waals surface area contributed by atoms with Crippen LogP contribution in [-0.4, -0.2) is 30.5 Å². The number of nitrogens with two attached hydrogens (primary N) is 1. The quantitative estimate of drug-likeness (QED) is 0.761. The van der Waals surface area contributed by atoms with Crippen molar-refractivity contribution in [1.29, 1.82) is 0 Å². The largest absolute Gasteiger partial charge is 0.483 e. The van der Waals surface area contributed by atoms with Crippen molar-refractivity contribution in [1.82, 2.24) is 4.90 Å². The van der Waals surface area contributed by atoms with E-state index in [0.717, 1.165) is 31.5 Å². The third kappa shape index (κ3) is 5.38. The lowest BCUT2D eigenvalue weighted by molar-refractivity contribution is -0.133. The molecule has 1 amide bonds. The van der Waals surface area contributed by atoms with Crippen LogP contribution in [0.3, 0.4) is 0 Å². The van der Waals surface area contributed by atoms with Gasteiger partial charge in [0.1, 0.15) is 5.75 Å². The zero-order valence-corrected chi connectivity index (χ0v) is 13.5. The molecule has 118 valence electrons. The van der Waals surface area contributed by atoms with Crippen LogP contribution in [0.4, 0.5) is 0 Å². The highest BCUT2D eigenvalue weighted by atomic mass is 16.5. The molecule has 1 aromatic carbocycles. The van der Waals surface area contributed by atoms with Gasteiger partial charge in [-0.1, -0.05) is 44.9 Å². The summed E-state index contributed by atoms with van der Waals surface area (Å²) in [6.45, 7) is 8.36. The summed E-state index contributed by atoms with van der Waals surface area (Å²) in [6, 6.07) is 7.58. The molecule has 0 bridgehead atoms. The Labute approximate surface area is 128 Å². The van der Waals surface area contributed by atoms with Gasteiger partial charge in [0.25, 0.3) is 5.91 Å². The third-order valence-corrected chi connectivity index (χ3v) is 3.91. The van der Waals surface area contributed by atoms with E-state index in [4.69, 9.17) is 10.5 Å². The number of amides is 1. The minimum Gasteiger partial charge on any atom is -0.483 e. The van der Waals surface area contributed by atoms with E-state index in [1.165, 1.54) is 0 Å². The lowest BCUT2D eigenvalue weighted by atomic mass is 10.0. The Kier molecular flexibility index (Phi) is 7.83. The molecule has 0 aromatic heterocycles. The standard InChI is InChI=1S/C17H28N2O2/c1-4-14(5-2)12-19(6-3)17(20)13-21-16-10-8-7-9-15(16)11-18/h7-10,14H,4-6,11-13,18H2,1-3H3. The van der Waals surface area contributed by atoms with E-state index in [0.29, 0.717) is 18.2 Å². The van der Waals surface area contributed by atoms with Gasteiger partial charge in [0.05, 0.1) is 0 Å². The van der Waals surface area contributed by atoms with Crippen LogP contribution in [0, 0.1) is 5.92 Å². The number of para-hydroxylation sites is 1. The van der Waals surface area contributed by atoms with E-state index >= 15 is 0 Å². The van der Waals surface area contributed by atoms with Crippen LogP contribution in [0.5, 0.6) is 5.75 Å². The lowest BCUT2D eigenvalue weighted by Crippen LogP contribution is -2.38. The number of likely N-dealkylation sites (N-methyl/N-ethyl adjacent to an activating group) is 1. The number of carbonyl (C=O) groups is 1. The molecular weight excluding hydrogens is 264 g/mol. The Morgan fingerprint density at radius 3 is 2.48 bits per heavy atom. The molecule has 0 heterocycles. The van der Waals surface area contributed by atoms with Crippen LogP contribution in [0.1, 0.15) is 39.2 Å². The fourth-order valence-corrected chi connectivity index (χ4v) is 2.31.